The lowest BCUT2D eigenvalue weighted by molar-refractivity contribution is 0.305. The minimum atomic E-state index is 0.290. The second kappa shape index (κ2) is 7.37. The zero-order valence-corrected chi connectivity index (χ0v) is 13.7. The van der Waals surface area contributed by atoms with E-state index in [9.17, 15) is 0 Å². The number of aryl methyl sites for hydroxylation is 1. The normalized spacial score (nSPS) is 11.7. The number of hydrogen-bond donors (Lipinski definition) is 1. The largest absolute Gasteiger partial charge is 0.495 e. The van der Waals surface area contributed by atoms with E-state index >= 15 is 0 Å². The third-order valence-electron chi connectivity index (χ3n) is 3.44. The Morgan fingerprint density at radius 1 is 1.16 bits per heavy atom. The first-order chi connectivity index (χ1) is 8.89. The fourth-order valence-corrected chi connectivity index (χ4v) is 2.49. The van der Waals surface area contributed by atoms with Crippen molar-refractivity contribution >= 4 is 23.2 Å². The first-order valence-corrected chi connectivity index (χ1v) is 7.32. The van der Waals surface area contributed by atoms with Crippen molar-refractivity contribution in [3.8, 4) is 5.75 Å². The van der Waals surface area contributed by atoms with E-state index in [1.54, 1.807) is 13.2 Å². The summed E-state index contributed by atoms with van der Waals surface area (Å²) in [7, 11) is 3.58. The third kappa shape index (κ3) is 5.21. The molecule has 0 amide bonds. The number of nitrogens with one attached hydrogen (secondary N) is 1. The molecule has 0 saturated heterocycles. The van der Waals surface area contributed by atoms with E-state index in [0.29, 0.717) is 16.2 Å². The van der Waals surface area contributed by atoms with Crippen molar-refractivity contribution in [2.45, 2.75) is 33.1 Å². The van der Waals surface area contributed by atoms with Gasteiger partial charge in [0.15, 0.2) is 0 Å². The lowest BCUT2D eigenvalue weighted by Gasteiger charge is -2.24. The molecule has 0 aliphatic rings. The van der Waals surface area contributed by atoms with Crippen LogP contribution in [0.2, 0.25) is 10.0 Å². The molecular formula is C15H23Cl2NO. The van der Waals surface area contributed by atoms with Crippen LogP contribution >= 0.6 is 23.2 Å². The van der Waals surface area contributed by atoms with E-state index in [4.69, 9.17) is 27.9 Å². The standard InChI is InChI=1S/C15H23Cl2NO/c1-15(2,7-8-18-3)6-5-11-9-13(17)14(19-4)10-12(11)16/h9-10,18H,5-8H2,1-4H3. The maximum atomic E-state index is 6.26. The number of ether oxygens (including phenoxy) is 1. The summed E-state index contributed by atoms with van der Waals surface area (Å²) >= 11 is 12.4. The number of hydrogen-bond acceptors (Lipinski definition) is 2. The van der Waals surface area contributed by atoms with Gasteiger partial charge in [0.1, 0.15) is 5.75 Å². The summed E-state index contributed by atoms with van der Waals surface area (Å²) in [4.78, 5) is 0. The molecule has 0 aromatic heterocycles. The van der Waals surface area contributed by atoms with Gasteiger partial charge in [-0.25, -0.2) is 0 Å². The summed E-state index contributed by atoms with van der Waals surface area (Å²) in [6.45, 7) is 5.59. The van der Waals surface area contributed by atoms with E-state index < -0.39 is 0 Å². The van der Waals surface area contributed by atoms with Gasteiger partial charge in [0.25, 0.3) is 0 Å². The summed E-state index contributed by atoms with van der Waals surface area (Å²) in [6.07, 6.45) is 3.15. The van der Waals surface area contributed by atoms with Gasteiger partial charge in [-0.1, -0.05) is 37.0 Å². The highest BCUT2D eigenvalue weighted by molar-refractivity contribution is 6.34. The van der Waals surface area contributed by atoms with Crippen molar-refractivity contribution in [3.05, 3.63) is 27.7 Å². The predicted octanol–water partition coefficient (Wildman–Crippen LogP) is 4.57. The zero-order chi connectivity index (χ0) is 14.5. The van der Waals surface area contributed by atoms with E-state index in [1.807, 2.05) is 13.1 Å². The number of benzene rings is 1. The first kappa shape index (κ1) is 16.6. The van der Waals surface area contributed by atoms with Crippen LogP contribution < -0.4 is 10.1 Å². The fourth-order valence-electron chi connectivity index (χ4n) is 1.98. The maximum Gasteiger partial charge on any atom is 0.138 e. The predicted molar refractivity (Wildman–Crippen MR) is 83.7 cm³/mol. The Morgan fingerprint density at radius 3 is 2.42 bits per heavy atom. The first-order valence-electron chi connectivity index (χ1n) is 6.56. The Kier molecular flexibility index (Phi) is 6.45. The van der Waals surface area contributed by atoms with Crippen LogP contribution in [0, 0.1) is 5.41 Å². The van der Waals surface area contributed by atoms with Gasteiger partial charge in [0, 0.05) is 11.1 Å². The Hall–Kier alpha value is -0.440. The summed E-state index contributed by atoms with van der Waals surface area (Å²) < 4.78 is 5.15. The molecule has 19 heavy (non-hydrogen) atoms. The topological polar surface area (TPSA) is 21.3 Å². The van der Waals surface area contributed by atoms with Crippen molar-refractivity contribution in [1.82, 2.24) is 5.32 Å². The van der Waals surface area contributed by atoms with Gasteiger partial charge in [-0.05, 0) is 49.9 Å². The van der Waals surface area contributed by atoms with E-state index in [0.717, 1.165) is 36.4 Å². The Morgan fingerprint density at radius 2 is 1.84 bits per heavy atom. The highest BCUT2D eigenvalue weighted by Crippen LogP contribution is 2.34. The highest BCUT2D eigenvalue weighted by Gasteiger charge is 2.18. The molecule has 4 heteroatoms. The van der Waals surface area contributed by atoms with Crippen molar-refractivity contribution in [1.29, 1.82) is 0 Å². The Bertz CT molecular complexity index is 419. The van der Waals surface area contributed by atoms with Crippen LogP contribution in [0.5, 0.6) is 5.75 Å². The smallest absolute Gasteiger partial charge is 0.138 e. The van der Waals surface area contributed by atoms with Crippen LogP contribution in [-0.2, 0) is 6.42 Å². The molecule has 108 valence electrons. The van der Waals surface area contributed by atoms with Crippen LogP contribution in [0.25, 0.3) is 0 Å². The monoisotopic (exact) mass is 303 g/mol. The molecule has 0 radical (unpaired) electrons. The molecule has 0 spiro atoms. The van der Waals surface area contributed by atoms with Crippen molar-refractivity contribution in [2.75, 3.05) is 20.7 Å². The van der Waals surface area contributed by atoms with Crippen LogP contribution in [0.4, 0.5) is 0 Å². The molecule has 1 rings (SSSR count). The summed E-state index contributed by atoms with van der Waals surface area (Å²) in [5.41, 5.74) is 1.38. The van der Waals surface area contributed by atoms with Crippen molar-refractivity contribution in [3.63, 3.8) is 0 Å². The van der Waals surface area contributed by atoms with Gasteiger partial charge in [-0.3, -0.25) is 0 Å². The minimum absolute atomic E-state index is 0.290. The number of rotatable bonds is 7. The Labute approximate surface area is 126 Å². The third-order valence-corrected chi connectivity index (χ3v) is 4.09. The SMILES string of the molecule is CNCCC(C)(C)CCc1cc(Cl)c(OC)cc1Cl. The molecule has 2 nitrogen and oxygen atoms in total. The van der Waals surface area contributed by atoms with Crippen molar-refractivity contribution < 1.29 is 4.74 Å². The van der Waals surface area contributed by atoms with Gasteiger partial charge >= 0.3 is 0 Å². The van der Waals surface area contributed by atoms with Gasteiger partial charge in [-0.2, -0.15) is 0 Å². The second-order valence-electron chi connectivity index (χ2n) is 5.60. The number of methoxy groups -OCH3 is 1. The van der Waals surface area contributed by atoms with Gasteiger partial charge in [-0.15, -0.1) is 0 Å². The van der Waals surface area contributed by atoms with Crippen molar-refractivity contribution in [2.24, 2.45) is 5.41 Å². The number of halogens is 2. The summed E-state index contributed by atoms with van der Waals surface area (Å²) in [6, 6.07) is 3.71. The van der Waals surface area contributed by atoms with E-state index in [-0.39, 0.29) is 0 Å². The molecule has 1 N–H and O–H groups in total. The van der Waals surface area contributed by atoms with Gasteiger partial charge in [0.2, 0.25) is 0 Å². The average Bonchev–Trinajstić information content (AvgIpc) is 2.37. The van der Waals surface area contributed by atoms with Crippen LogP contribution in [0.15, 0.2) is 12.1 Å². The molecule has 1 aromatic carbocycles. The lowest BCUT2D eigenvalue weighted by Crippen LogP contribution is -2.20. The van der Waals surface area contributed by atoms with E-state index in [2.05, 4.69) is 19.2 Å². The quantitative estimate of drug-likeness (QED) is 0.796. The average molecular weight is 304 g/mol. The lowest BCUT2D eigenvalue weighted by atomic mass is 9.83. The molecule has 0 aliphatic carbocycles. The molecule has 1 aromatic rings. The van der Waals surface area contributed by atoms with Crippen LogP contribution in [0.1, 0.15) is 32.3 Å². The molecule has 0 atom stereocenters. The van der Waals surface area contributed by atoms with E-state index in [1.165, 1.54) is 0 Å². The Balaban J connectivity index is 2.70. The highest BCUT2D eigenvalue weighted by atomic mass is 35.5. The molecule has 0 bridgehead atoms. The van der Waals surface area contributed by atoms with Gasteiger partial charge in [0.05, 0.1) is 12.1 Å². The summed E-state index contributed by atoms with van der Waals surface area (Å²) in [5.74, 6) is 0.629. The molecular weight excluding hydrogens is 281 g/mol. The molecule has 0 saturated carbocycles. The maximum absolute atomic E-state index is 6.26. The molecule has 0 heterocycles. The zero-order valence-electron chi connectivity index (χ0n) is 12.1. The van der Waals surface area contributed by atoms with Gasteiger partial charge < -0.3 is 10.1 Å². The van der Waals surface area contributed by atoms with Crippen LogP contribution in [0.3, 0.4) is 0 Å². The molecule has 0 fully saturated rings. The molecule has 0 unspecified atom stereocenters. The fraction of sp³-hybridized carbons (Fsp3) is 0.600. The second-order valence-corrected chi connectivity index (χ2v) is 6.41. The summed E-state index contributed by atoms with van der Waals surface area (Å²) in [5, 5.41) is 4.54. The molecule has 0 aliphatic heterocycles. The minimum Gasteiger partial charge on any atom is -0.495 e. The van der Waals surface area contributed by atoms with Crippen LogP contribution in [-0.4, -0.2) is 20.7 Å².